The molecule has 0 aliphatic rings. The van der Waals surface area contributed by atoms with Gasteiger partial charge in [0.15, 0.2) is 0 Å². The highest BCUT2D eigenvalue weighted by Gasteiger charge is 2.16. The second kappa shape index (κ2) is 6.89. The van der Waals surface area contributed by atoms with Crippen LogP contribution >= 0.6 is 0 Å². The van der Waals surface area contributed by atoms with E-state index in [1.165, 1.54) is 6.92 Å². The molecule has 0 aromatic heterocycles. The van der Waals surface area contributed by atoms with Gasteiger partial charge in [-0.3, -0.25) is 4.79 Å². The van der Waals surface area contributed by atoms with Crippen molar-refractivity contribution in [2.75, 3.05) is 11.9 Å². The summed E-state index contributed by atoms with van der Waals surface area (Å²) in [7, 11) is 0. The smallest absolute Gasteiger partial charge is 0.338 e. The van der Waals surface area contributed by atoms with E-state index in [9.17, 15) is 9.59 Å². The van der Waals surface area contributed by atoms with Gasteiger partial charge >= 0.3 is 5.97 Å². The van der Waals surface area contributed by atoms with Gasteiger partial charge in [-0.25, -0.2) is 4.79 Å². The number of benzene rings is 2. The zero-order chi connectivity index (χ0) is 16.1. The highest BCUT2D eigenvalue weighted by molar-refractivity contribution is 5.99. The molecule has 4 heteroatoms. The van der Waals surface area contributed by atoms with Gasteiger partial charge < -0.3 is 10.1 Å². The summed E-state index contributed by atoms with van der Waals surface area (Å²) in [4.78, 5) is 23.4. The Morgan fingerprint density at radius 3 is 2.45 bits per heavy atom. The third-order valence-electron chi connectivity index (χ3n) is 3.27. The number of ether oxygens (including phenoxy) is 1. The van der Waals surface area contributed by atoms with Crippen molar-refractivity contribution in [3.8, 4) is 11.1 Å². The van der Waals surface area contributed by atoms with E-state index in [0.29, 0.717) is 17.9 Å². The van der Waals surface area contributed by atoms with Crippen LogP contribution in [0.5, 0.6) is 0 Å². The van der Waals surface area contributed by atoms with Gasteiger partial charge in [0.05, 0.1) is 12.2 Å². The first kappa shape index (κ1) is 15.8. The number of carbonyl (C=O) groups is 2. The van der Waals surface area contributed by atoms with Gasteiger partial charge in [0, 0.05) is 12.6 Å². The van der Waals surface area contributed by atoms with Crippen molar-refractivity contribution < 1.29 is 14.3 Å². The van der Waals surface area contributed by atoms with Gasteiger partial charge in [-0.05, 0) is 48.7 Å². The number of aryl methyl sites for hydroxylation is 1. The van der Waals surface area contributed by atoms with Crippen LogP contribution in [0.25, 0.3) is 11.1 Å². The molecule has 0 aliphatic carbocycles. The fourth-order valence-corrected chi connectivity index (χ4v) is 2.31. The number of nitrogens with one attached hydrogen (secondary N) is 1. The Bertz CT molecular complexity index is 707. The molecular formula is C18H19NO3. The Morgan fingerprint density at radius 2 is 1.82 bits per heavy atom. The molecule has 2 aromatic rings. The minimum Gasteiger partial charge on any atom is -0.462 e. The zero-order valence-corrected chi connectivity index (χ0v) is 13.0. The van der Waals surface area contributed by atoms with Gasteiger partial charge in [0.1, 0.15) is 0 Å². The van der Waals surface area contributed by atoms with E-state index in [1.54, 1.807) is 25.1 Å². The van der Waals surface area contributed by atoms with E-state index in [2.05, 4.69) is 5.32 Å². The van der Waals surface area contributed by atoms with E-state index in [4.69, 9.17) is 4.74 Å². The molecule has 0 fully saturated rings. The van der Waals surface area contributed by atoms with Crippen LogP contribution in [-0.2, 0) is 9.53 Å². The molecule has 0 saturated carbocycles. The highest BCUT2D eigenvalue weighted by Crippen LogP contribution is 2.30. The maximum Gasteiger partial charge on any atom is 0.338 e. The first-order valence-electron chi connectivity index (χ1n) is 7.17. The molecule has 0 aliphatic heterocycles. The molecule has 2 aromatic carbocycles. The summed E-state index contributed by atoms with van der Waals surface area (Å²) in [6.45, 7) is 5.53. The normalized spacial score (nSPS) is 10.1. The van der Waals surface area contributed by atoms with Crippen LogP contribution in [0.2, 0.25) is 0 Å². The lowest BCUT2D eigenvalue weighted by Crippen LogP contribution is -2.09. The lowest BCUT2D eigenvalue weighted by Gasteiger charge is -2.13. The number of hydrogen-bond acceptors (Lipinski definition) is 3. The van der Waals surface area contributed by atoms with E-state index >= 15 is 0 Å². The summed E-state index contributed by atoms with van der Waals surface area (Å²) in [6.07, 6.45) is 0. The van der Waals surface area contributed by atoms with Crippen molar-refractivity contribution in [3.63, 3.8) is 0 Å². The Kier molecular flexibility index (Phi) is 4.94. The second-order valence-electron chi connectivity index (χ2n) is 4.98. The SMILES string of the molecule is CCOC(=O)c1ccc(NC(C)=O)cc1-c1ccccc1C. The van der Waals surface area contributed by atoms with Gasteiger partial charge in [-0.1, -0.05) is 24.3 Å². The van der Waals surface area contributed by atoms with Crippen molar-refractivity contribution in [2.45, 2.75) is 20.8 Å². The van der Waals surface area contributed by atoms with Crippen molar-refractivity contribution in [2.24, 2.45) is 0 Å². The quantitative estimate of drug-likeness (QED) is 0.873. The van der Waals surface area contributed by atoms with Crippen LogP contribution in [0, 0.1) is 6.92 Å². The standard InChI is InChI=1S/C18H19NO3/c1-4-22-18(21)16-10-9-14(19-13(3)20)11-17(16)15-8-6-5-7-12(15)2/h5-11H,4H2,1-3H3,(H,19,20). The van der Waals surface area contributed by atoms with E-state index in [0.717, 1.165) is 16.7 Å². The highest BCUT2D eigenvalue weighted by atomic mass is 16.5. The summed E-state index contributed by atoms with van der Waals surface area (Å²) in [5, 5.41) is 2.74. The molecule has 0 unspecified atom stereocenters. The number of hydrogen-bond donors (Lipinski definition) is 1. The number of carbonyl (C=O) groups excluding carboxylic acids is 2. The number of anilines is 1. The third kappa shape index (κ3) is 3.52. The molecule has 2 rings (SSSR count). The molecule has 114 valence electrons. The van der Waals surface area contributed by atoms with Crippen LogP contribution in [-0.4, -0.2) is 18.5 Å². The topological polar surface area (TPSA) is 55.4 Å². The molecule has 1 N–H and O–H groups in total. The first-order valence-corrected chi connectivity index (χ1v) is 7.17. The minimum absolute atomic E-state index is 0.153. The van der Waals surface area contributed by atoms with Crippen LogP contribution in [0.1, 0.15) is 29.8 Å². The summed E-state index contributed by atoms with van der Waals surface area (Å²) in [6, 6.07) is 13.0. The van der Waals surface area contributed by atoms with Crippen molar-refractivity contribution in [3.05, 3.63) is 53.6 Å². The Labute approximate surface area is 130 Å². The summed E-state index contributed by atoms with van der Waals surface area (Å²) in [5.74, 6) is -0.519. The summed E-state index contributed by atoms with van der Waals surface area (Å²) in [5.41, 5.74) is 3.89. The lowest BCUT2D eigenvalue weighted by molar-refractivity contribution is -0.114. The van der Waals surface area contributed by atoms with E-state index in [1.807, 2.05) is 31.2 Å². The van der Waals surface area contributed by atoms with Crippen LogP contribution in [0.15, 0.2) is 42.5 Å². The molecule has 22 heavy (non-hydrogen) atoms. The summed E-state index contributed by atoms with van der Waals surface area (Å²) < 4.78 is 5.12. The fraction of sp³-hybridized carbons (Fsp3) is 0.222. The molecule has 4 nitrogen and oxygen atoms in total. The average molecular weight is 297 g/mol. The van der Waals surface area contributed by atoms with Gasteiger partial charge in [-0.15, -0.1) is 0 Å². The van der Waals surface area contributed by atoms with Crippen LogP contribution in [0.3, 0.4) is 0 Å². The fourth-order valence-electron chi connectivity index (χ4n) is 2.31. The maximum absolute atomic E-state index is 12.2. The molecule has 0 spiro atoms. The molecule has 0 saturated heterocycles. The lowest BCUT2D eigenvalue weighted by atomic mass is 9.95. The summed E-state index contributed by atoms with van der Waals surface area (Å²) >= 11 is 0. The van der Waals surface area contributed by atoms with Crippen molar-refractivity contribution in [1.82, 2.24) is 0 Å². The Hall–Kier alpha value is -2.62. The average Bonchev–Trinajstić information content (AvgIpc) is 2.47. The zero-order valence-electron chi connectivity index (χ0n) is 13.0. The predicted octanol–water partition coefficient (Wildman–Crippen LogP) is 3.80. The monoisotopic (exact) mass is 297 g/mol. The number of esters is 1. The molecule has 0 bridgehead atoms. The number of rotatable bonds is 4. The molecular weight excluding hydrogens is 278 g/mol. The van der Waals surface area contributed by atoms with Gasteiger partial charge in [0.2, 0.25) is 5.91 Å². The number of amides is 1. The molecule has 0 heterocycles. The predicted molar refractivity (Wildman–Crippen MR) is 86.9 cm³/mol. The van der Waals surface area contributed by atoms with Gasteiger partial charge in [-0.2, -0.15) is 0 Å². The minimum atomic E-state index is -0.366. The van der Waals surface area contributed by atoms with E-state index in [-0.39, 0.29) is 11.9 Å². The third-order valence-corrected chi connectivity index (χ3v) is 3.27. The van der Waals surface area contributed by atoms with E-state index < -0.39 is 0 Å². The van der Waals surface area contributed by atoms with Gasteiger partial charge in [0.25, 0.3) is 0 Å². The molecule has 0 atom stereocenters. The molecule has 1 amide bonds. The first-order chi connectivity index (χ1) is 10.5. The maximum atomic E-state index is 12.2. The van der Waals surface area contributed by atoms with Crippen LogP contribution in [0.4, 0.5) is 5.69 Å². The largest absolute Gasteiger partial charge is 0.462 e. The van der Waals surface area contributed by atoms with Crippen molar-refractivity contribution >= 4 is 17.6 Å². The Morgan fingerprint density at radius 1 is 1.09 bits per heavy atom. The van der Waals surface area contributed by atoms with Crippen LogP contribution < -0.4 is 5.32 Å². The Balaban J connectivity index is 2.57. The molecule has 0 radical (unpaired) electrons. The second-order valence-corrected chi connectivity index (χ2v) is 4.98. The van der Waals surface area contributed by atoms with Crippen molar-refractivity contribution in [1.29, 1.82) is 0 Å².